The highest BCUT2D eigenvalue weighted by Gasteiger charge is 2.59. The van der Waals surface area contributed by atoms with Crippen LogP contribution >= 0.6 is 0 Å². The number of ether oxygens (including phenoxy) is 8. The number of carbonyl (C=O) groups excluding carboxylic acids is 4. The van der Waals surface area contributed by atoms with E-state index < -0.39 is 57.7 Å². The highest BCUT2D eigenvalue weighted by atomic mass is 32.3. The van der Waals surface area contributed by atoms with Gasteiger partial charge >= 0.3 is 35.8 Å². The molecule has 2 fully saturated rings. The monoisotopic (exact) mass is 844 g/mol. The summed E-state index contributed by atoms with van der Waals surface area (Å²) in [6, 6.07) is 0. The first-order valence-electron chi connectivity index (χ1n) is 18.9. The number of guanidine groups is 2. The van der Waals surface area contributed by atoms with Crippen molar-refractivity contribution in [2.75, 3.05) is 80.0 Å². The largest absolute Gasteiger partial charge is 0.759 e. The first kappa shape index (κ1) is 53.1. The summed E-state index contributed by atoms with van der Waals surface area (Å²) in [6.45, 7) is 10.3. The Morgan fingerprint density at radius 2 is 0.947 bits per heavy atom. The lowest BCUT2D eigenvalue weighted by atomic mass is 9.80. The van der Waals surface area contributed by atoms with Crippen LogP contribution in [-0.2, 0) is 67.5 Å². The van der Waals surface area contributed by atoms with Crippen LogP contribution in [0.15, 0.2) is 0 Å². The molecule has 0 aromatic heterocycles. The molecule has 332 valence electrons. The summed E-state index contributed by atoms with van der Waals surface area (Å²) in [6.07, 6.45) is 2.71. The predicted molar refractivity (Wildman–Crippen MR) is 198 cm³/mol. The van der Waals surface area contributed by atoms with Gasteiger partial charge in [-0.1, -0.05) is 0 Å². The first-order chi connectivity index (χ1) is 27.0. The summed E-state index contributed by atoms with van der Waals surface area (Å²) in [5, 5.41) is 6.01. The van der Waals surface area contributed by atoms with Gasteiger partial charge in [-0.25, -0.2) is 0 Å². The van der Waals surface area contributed by atoms with Crippen LogP contribution in [-0.4, -0.2) is 146 Å². The standard InChI is InChI=1S/2C17H31N3O6.H2O4S/c2*1-4-23-13(21)17(14(22)24-5-2)9-8-12-26-15(17)25-11-7-6-10-20-16(18)19-3;1-5(2,3)4/h2*15H,4-12H2,1-3H3,(H3,18,19,20);(H2,1,2,3,4). The number of nitrogens with one attached hydrogen (secondary N) is 4. The number of esters is 4. The van der Waals surface area contributed by atoms with E-state index in [1.807, 2.05) is 0 Å². The van der Waals surface area contributed by atoms with Gasteiger partial charge < -0.3 is 47.0 Å². The molecule has 22 nitrogen and oxygen atoms in total. The van der Waals surface area contributed by atoms with E-state index in [1.165, 1.54) is 0 Å². The lowest BCUT2D eigenvalue weighted by Gasteiger charge is -2.38. The zero-order valence-corrected chi connectivity index (χ0v) is 34.8. The van der Waals surface area contributed by atoms with Gasteiger partial charge in [0.15, 0.2) is 12.6 Å². The van der Waals surface area contributed by atoms with Gasteiger partial charge in [0.2, 0.25) is 10.8 Å². The Labute approximate surface area is 335 Å². The van der Waals surface area contributed by atoms with E-state index in [4.69, 9.17) is 66.9 Å². The molecule has 23 heteroatoms. The third kappa shape index (κ3) is 19.4. The predicted octanol–water partition coefficient (Wildman–Crippen LogP) is -4.04. The van der Waals surface area contributed by atoms with Crippen molar-refractivity contribution >= 4 is 46.2 Å². The first-order valence-corrected chi connectivity index (χ1v) is 20.3. The third-order valence-electron chi connectivity index (χ3n) is 8.18. The maximum absolute atomic E-state index is 12.6. The molecule has 2 heterocycles. The molecular weight excluding hydrogens is 780 g/mol. The fourth-order valence-corrected chi connectivity index (χ4v) is 5.44. The minimum absolute atomic E-state index is 0.168. The van der Waals surface area contributed by atoms with E-state index in [-0.39, 0.29) is 39.3 Å². The fraction of sp³-hybridized carbons (Fsp3) is 0.824. The van der Waals surface area contributed by atoms with Crippen LogP contribution in [0.25, 0.3) is 0 Å². The van der Waals surface area contributed by atoms with E-state index in [1.54, 1.807) is 41.8 Å². The van der Waals surface area contributed by atoms with Crippen LogP contribution in [0.2, 0.25) is 0 Å². The Hall–Kier alpha value is -3.87. The number of hydrogen-bond donors (Lipinski definition) is 6. The van der Waals surface area contributed by atoms with Gasteiger partial charge in [0.05, 0.1) is 53.6 Å². The second-order valence-electron chi connectivity index (χ2n) is 12.2. The molecule has 2 atom stereocenters. The maximum Gasteiger partial charge on any atom is 0.340 e. The molecule has 0 aromatic rings. The highest BCUT2D eigenvalue weighted by molar-refractivity contribution is 7.79. The number of carbonyl (C=O) groups is 4. The number of unbranched alkanes of at least 4 members (excludes halogenated alkanes) is 2. The number of rotatable bonds is 20. The summed E-state index contributed by atoms with van der Waals surface area (Å²) in [5.74, 6) is -1.60. The summed E-state index contributed by atoms with van der Waals surface area (Å²) >= 11 is 0. The van der Waals surface area contributed by atoms with Crippen LogP contribution in [0, 0.1) is 10.8 Å². The van der Waals surface area contributed by atoms with E-state index in [2.05, 4.69) is 20.6 Å². The average Bonchev–Trinajstić information content (AvgIpc) is 3.17. The van der Waals surface area contributed by atoms with Crippen molar-refractivity contribution in [1.29, 1.82) is 0 Å². The van der Waals surface area contributed by atoms with Gasteiger partial charge in [-0.05, 0) is 79.1 Å². The molecule has 0 aliphatic carbocycles. The van der Waals surface area contributed by atoms with Crippen molar-refractivity contribution in [1.82, 2.24) is 10.6 Å². The molecule has 0 bridgehead atoms. The molecule has 8 N–H and O–H groups in total. The zero-order valence-electron chi connectivity index (χ0n) is 34.0. The molecule has 2 aliphatic heterocycles. The van der Waals surface area contributed by atoms with Crippen molar-refractivity contribution in [3.8, 4) is 0 Å². The minimum atomic E-state index is -5.17. The van der Waals surface area contributed by atoms with E-state index in [9.17, 15) is 19.2 Å². The Balaban J connectivity index is 0.000000982. The van der Waals surface area contributed by atoms with Crippen LogP contribution in [0.4, 0.5) is 0 Å². The molecule has 2 unspecified atom stereocenters. The highest BCUT2D eigenvalue weighted by Crippen LogP contribution is 2.39. The van der Waals surface area contributed by atoms with Crippen molar-refractivity contribution in [3.63, 3.8) is 0 Å². The molecule has 2 aliphatic rings. The average molecular weight is 845 g/mol. The molecule has 0 spiro atoms. The van der Waals surface area contributed by atoms with Gasteiger partial charge in [-0.2, -0.15) is 0 Å². The van der Waals surface area contributed by atoms with Crippen LogP contribution in [0.5, 0.6) is 0 Å². The van der Waals surface area contributed by atoms with Gasteiger partial charge in [-0.15, -0.1) is 0 Å². The number of hydrogen-bond acceptors (Lipinski definition) is 16. The summed E-state index contributed by atoms with van der Waals surface area (Å²) in [4.78, 5) is 55.9. The second kappa shape index (κ2) is 29.4. The van der Waals surface area contributed by atoms with Gasteiger partial charge in [0.25, 0.3) is 0 Å². The Morgan fingerprint density at radius 1 is 0.649 bits per heavy atom. The topological polar surface area (TPSA) is 326 Å². The quantitative estimate of drug-likeness (QED) is 0.00993. The summed E-state index contributed by atoms with van der Waals surface area (Å²) in [5.41, 5.74) is 8.08. The molecule has 57 heavy (non-hydrogen) atoms. The molecular formula is C34H64N6O16S. The smallest absolute Gasteiger partial charge is 0.340 e. The van der Waals surface area contributed by atoms with Crippen molar-refractivity contribution in [2.24, 2.45) is 22.3 Å². The van der Waals surface area contributed by atoms with Crippen molar-refractivity contribution in [2.45, 2.75) is 91.6 Å². The van der Waals surface area contributed by atoms with Crippen LogP contribution in [0.1, 0.15) is 79.1 Å². The molecule has 2 rings (SSSR count). The van der Waals surface area contributed by atoms with E-state index >= 15 is 0 Å². The van der Waals surface area contributed by atoms with Crippen molar-refractivity contribution < 1.29 is 84.6 Å². The zero-order chi connectivity index (χ0) is 43.3. The summed E-state index contributed by atoms with van der Waals surface area (Å²) < 4.78 is 77.4. The minimum Gasteiger partial charge on any atom is -0.759 e. The van der Waals surface area contributed by atoms with Crippen LogP contribution < -0.4 is 32.1 Å². The van der Waals surface area contributed by atoms with Crippen LogP contribution in [0.3, 0.4) is 0 Å². The molecule has 0 saturated carbocycles. The van der Waals surface area contributed by atoms with Crippen molar-refractivity contribution in [3.05, 3.63) is 0 Å². The molecule has 0 amide bonds. The van der Waals surface area contributed by atoms with E-state index in [0.717, 1.165) is 12.8 Å². The normalized spacial score (nSPS) is 18.9. The Morgan fingerprint density at radius 3 is 1.21 bits per heavy atom. The maximum atomic E-state index is 12.6. The van der Waals surface area contributed by atoms with Gasteiger partial charge in [-0.3, -0.25) is 59.7 Å². The number of nitrogens with two attached hydrogens (primary N) is 2. The Kier molecular flexibility index (Phi) is 27.4. The molecule has 0 radical (unpaired) electrons. The lowest BCUT2D eigenvalue weighted by molar-refractivity contribution is -0.423. The SMILES string of the molecule is CCOC(=O)C1(C(=O)OCC)CCCOC1OCCCCNC(N)=[NH+]C.CCOC(=O)C1(C(=O)OCC)CCCOC1OCCCCNC(N)=[NH+]C.O=S(=O)([O-])[O-]. The van der Waals surface area contributed by atoms with Gasteiger partial charge in [0.1, 0.15) is 0 Å². The summed E-state index contributed by atoms with van der Waals surface area (Å²) in [7, 11) is -1.70. The fourth-order valence-electron chi connectivity index (χ4n) is 5.44. The third-order valence-corrected chi connectivity index (χ3v) is 8.18. The Bertz CT molecular complexity index is 1240. The lowest BCUT2D eigenvalue weighted by Crippen LogP contribution is -2.74. The van der Waals surface area contributed by atoms with Gasteiger partial charge in [0, 0.05) is 36.8 Å². The van der Waals surface area contributed by atoms with E-state index in [0.29, 0.717) is 77.1 Å². The molecule has 2 saturated heterocycles. The second-order valence-corrected chi connectivity index (χ2v) is 13.0. The molecule has 0 aromatic carbocycles.